The molecule has 6 aromatic carbocycles. The van der Waals surface area contributed by atoms with Gasteiger partial charge in [-0.2, -0.15) is 0 Å². The van der Waals surface area contributed by atoms with Crippen LogP contribution >= 0.6 is 7.65 Å². The fourth-order valence-electron chi connectivity index (χ4n) is 6.57. The van der Waals surface area contributed by atoms with E-state index in [0.717, 1.165) is 66.0 Å². The largest absolute Gasteiger partial charge is 0.597 e. The Hall–Kier alpha value is -5.44. The van der Waals surface area contributed by atoms with Gasteiger partial charge in [-0.25, -0.2) is 4.20 Å². The van der Waals surface area contributed by atoms with Gasteiger partial charge in [0.2, 0.25) is 5.30 Å². The number of rotatable bonds is 3. The molecule has 0 saturated heterocycles. The lowest BCUT2D eigenvalue weighted by Gasteiger charge is -2.10. The molecular weight excluding hydrogens is 547 g/mol. The molecule has 0 aliphatic carbocycles. The number of benzene rings is 6. The smallest absolute Gasteiger partial charge is 0.354 e. The fourth-order valence-corrected chi connectivity index (χ4v) is 7.61. The van der Waals surface area contributed by atoms with Crippen LogP contribution < -0.4 is 0 Å². The quantitative estimate of drug-likeness (QED) is 0.222. The van der Waals surface area contributed by atoms with E-state index in [1.807, 2.05) is 48.5 Å². The number of aromatic nitrogens is 2. The summed E-state index contributed by atoms with van der Waals surface area (Å²) >= 11 is 0. The summed E-state index contributed by atoms with van der Waals surface area (Å²) in [4.78, 5) is 7.20. The van der Waals surface area contributed by atoms with Crippen molar-refractivity contribution < 1.29 is 8.76 Å². The van der Waals surface area contributed by atoms with Gasteiger partial charge in [0.25, 0.3) is 0 Å². The molecule has 0 aliphatic heterocycles. The Morgan fingerprint density at radius 1 is 0.465 bits per heavy atom. The molecule has 0 spiro atoms. The van der Waals surface area contributed by atoms with Crippen molar-refractivity contribution in [2.24, 2.45) is 0 Å². The van der Waals surface area contributed by atoms with Gasteiger partial charge in [-0.1, -0.05) is 97.1 Å². The molecule has 43 heavy (non-hydrogen) atoms. The van der Waals surface area contributed by atoms with Crippen LogP contribution in [0.2, 0.25) is 0 Å². The Bertz CT molecular complexity index is 2590. The van der Waals surface area contributed by atoms with Gasteiger partial charge in [0.15, 0.2) is 5.58 Å². The third-order valence-electron chi connectivity index (χ3n) is 8.56. The highest BCUT2D eigenvalue weighted by molar-refractivity contribution is 7.34. The Morgan fingerprint density at radius 2 is 1.05 bits per heavy atom. The molecule has 2 N–H and O–H groups in total. The Labute approximate surface area is 247 Å². The minimum Gasteiger partial charge on any atom is -0.354 e. The summed E-state index contributed by atoms with van der Waals surface area (Å²) < 4.78 is 20.2. The van der Waals surface area contributed by atoms with Crippen LogP contribution in [0.25, 0.3) is 87.7 Å². The number of fused-ring (bicyclic) bond motifs is 7. The normalized spacial score (nSPS) is 12.2. The SMILES string of the molecule is O=[p+]1oc2cc(-c3cccc4c3[nH]c3ccccc34)cc(-c3ccccc3)c2cc1-c1cccc2c1[nH]c1ccccc12. The summed E-state index contributed by atoms with van der Waals surface area (Å²) in [7, 11) is -2.15. The van der Waals surface area contributed by atoms with E-state index < -0.39 is 7.65 Å². The number of hydrogen-bond acceptors (Lipinski definition) is 2. The van der Waals surface area contributed by atoms with Gasteiger partial charge in [0.1, 0.15) is 0 Å². The Kier molecular flexibility index (Phi) is 5.22. The standard InChI is InChI=1S/C38H24N2O2P/c41-43-36(30-17-9-16-29-27-13-5-7-19-34(27)40-38(29)30)22-32-31(23-10-2-1-3-11-23)20-24(21-35(32)42-43)25-14-8-15-28-26-12-4-6-18-33(26)39-37(25)28/h1-22,39-40H/q+1. The van der Waals surface area contributed by atoms with Crippen LogP contribution in [0.5, 0.6) is 0 Å². The van der Waals surface area contributed by atoms with Gasteiger partial charge in [0.05, 0.1) is 16.6 Å². The molecule has 1 atom stereocenters. The summed E-state index contributed by atoms with van der Waals surface area (Å²) in [6.07, 6.45) is 0. The van der Waals surface area contributed by atoms with E-state index in [0.29, 0.717) is 10.9 Å². The van der Waals surface area contributed by atoms with Crippen molar-refractivity contribution in [2.45, 2.75) is 0 Å². The van der Waals surface area contributed by atoms with E-state index in [1.54, 1.807) is 0 Å². The first kappa shape index (κ1) is 24.2. The van der Waals surface area contributed by atoms with Crippen LogP contribution in [0.1, 0.15) is 0 Å². The first-order valence-electron chi connectivity index (χ1n) is 14.3. The molecule has 4 nitrogen and oxygen atoms in total. The van der Waals surface area contributed by atoms with Crippen LogP contribution in [-0.2, 0) is 4.57 Å². The van der Waals surface area contributed by atoms with Gasteiger partial charge >= 0.3 is 7.65 Å². The van der Waals surface area contributed by atoms with Crippen molar-refractivity contribution in [3.63, 3.8) is 0 Å². The van der Waals surface area contributed by atoms with Gasteiger partial charge in [0, 0.05) is 49.6 Å². The zero-order valence-electron chi connectivity index (χ0n) is 23.0. The zero-order chi connectivity index (χ0) is 28.5. The molecule has 3 aromatic heterocycles. The van der Waals surface area contributed by atoms with E-state index >= 15 is 0 Å². The second kappa shape index (κ2) is 9.29. The van der Waals surface area contributed by atoms with Crippen molar-refractivity contribution >= 4 is 62.2 Å². The number of H-pyrrole nitrogens is 2. The van der Waals surface area contributed by atoms with E-state index in [4.69, 9.17) is 4.20 Å². The molecular formula is C38H24N2O2P+. The number of para-hydroxylation sites is 4. The molecule has 0 radical (unpaired) electrons. The van der Waals surface area contributed by atoms with E-state index in [-0.39, 0.29) is 0 Å². The predicted octanol–water partition coefficient (Wildman–Crippen LogP) is 11.4. The summed E-state index contributed by atoms with van der Waals surface area (Å²) in [6.45, 7) is 0. The monoisotopic (exact) mass is 571 g/mol. The first-order valence-corrected chi connectivity index (χ1v) is 15.5. The predicted molar refractivity (Wildman–Crippen MR) is 179 cm³/mol. The summed E-state index contributed by atoms with van der Waals surface area (Å²) in [6, 6.07) is 45.8. The van der Waals surface area contributed by atoms with Gasteiger partial charge in [-0.05, 0) is 51.6 Å². The average Bonchev–Trinajstić information content (AvgIpc) is 3.63. The number of aromatic amines is 2. The maximum absolute atomic E-state index is 13.9. The average molecular weight is 572 g/mol. The lowest BCUT2D eigenvalue weighted by atomic mass is 9.94. The summed E-state index contributed by atoms with van der Waals surface area (Å²) in [5.41, 5.74) is 9.90. The van der Waals surface area contributed by atoms with Crippen molar-refractivity contribution in [1.29, 1.82) is 0 Å². The minimum absolute atomic E-state index is 0.623. The summed E-state index contributed by atoms with van der Waals surface area (Å²) in [5, 5.41) is 6.23. The molecule has 202 valence electrons. The molecule has 3 heterocycles. The third-order valence-corrected chi connectivity index (χ3v) is 9.68. The molecule has 1 unspecified atom stereocenters. The van der Waals surface area contributed by atoms with Crippen molar-refractivity contribution in [3.05, 3.63) is 133 Å². The lowest BCUT2D eigenvalue weighted by molar-refractivity contribution is 0.562. The molecule has 9 rings (SSSR count). The van der Waals surface area contributed by atoms with Gasteiger partial charge in [-0.15, -0.1) is 0 Å². The van der Waals surface area contributed by atoms with Crippen LogP contribution in [-0.4, -0.2) is 9.97 Å². The fraction of sp³-hybridized carbons (Fsp3) is 0. The topological polar surface area (TPSA) is 61.8 Å². The van der Waals surface area contributed by atoms with Crippen LogP contribution in [0.15, 0.2) is 138 Å². The first-order chi connectivity index (χ1) is 21.2. The molecule has 0 aliphatic rings. The van der Waals surface area contributed by atoms with Crippen molar-refractivity contribution in [3.8, 4) is 33.1 Å². The highest BCUT2D eigenvalue weighted by Crippen LogP contribution is 2.45. The Morgan fingerprint density at radius 3 is 1.74 bits per heavy atom. The molecule has 0 fully saturated rings. The lowest BCUT2D eigenvalue weighted by Crippen LogP contribution is -1.87. The molecule has 0 saturated carbocycles. The maximum Gasteiger partial charge on any atom is 0.597 e. The molecule has 5 heteroatoms. The molecule has 9 aromatic rings. The minimum atomic E-state index is -2.15. The van der Waals surface area contributed by atoms with Crippen LogP contribution in [0.3, 0.4) is 0 Å². The van der Waals surface area contributed by atoms with Crippen molar-refractivity contribution in [1.82, 2.24) is 9.97 Å². The third kappa shape index (κ3) is 3.71. The van der Waals surface area contributed by atoms with Gasteiger partial charge < -0.3 is 9.97 Å². The number of nitrogens with one attached hydrogen (secondary N) is 2. The number of hydrogen-bond donors (Lipinski definition) is 2. The highest BCUT2D eigenvalue weighted by atomic mass is 31.1. The maximum atomic E-state index is 13.9. The van der Waals surface area contributed by atoms with E-state index in [9.17, 15) is 4.57 Å². The van der Waals surface area contributed by atoms with Crippen molar-refractivity contribution in [2.75, 3.05) is 0 Å². The zero-order valence-corrected chi connectivity index (χ0v) is 23.9. The second-order valence-electron chi connectivity index (χ2n) is 11.0. The van der Waals surface area contributed by atoms with E-state index in [1.165, 1.54) is 10.8 Å². The highest BCUT2D eigenvalue weighted by Gasteiger charge is 2.24. The van der Waals surface area contributed by atoms with E-state index in [2.05, 4.69) is 94.9 Å². The second-order valence-corrected chi connectivity index (χ2v) is 12.2. The summed E-state index contributed by atoms with van der Waals surface area (Å²) in [5.74, 6) is 0. The van der Waals surface area contributed by atoms with Crippen LogP contribution in [0, 0.1) is 0 Å². The Balaban J connectivity index is 1.33. The molecule has 0 bridgehead atoms. The van der Waals surface area contributed by atoms with Gasteiger partial charge in [-0.3, -0.25) is 0 Å². The molecule has 0 amide bonds. The van der Waals surface area contributed by atoms with Crippen LogP contribution in [0.4, 0.5) is 0 Å².